The summed E-state index contributed by atoms with van der Waals surface area (Å²) >= 11 is 0. The lowest BCUT2D eigenvalue weighted by molar-refractivity contribution is -0.144. The summed E-state index contributed by atoms with van der Waals surface area (Å²) in [4.78, 5) is 36.4. The first-order chi connectivity index (χ1) is 18.1. The van der Waals surface area contributed by atoms with Gasteiger partial charge in [0.15, 0.2) is 0 Å². The molecule has 2 saturated heterocycles. The Hall–Kier alpha value is -4.00. The highest BCUT2D eigenvalue weighted by molar-refractivity contribution is 7.92. The van der Waals surface area contributed by atoms with Gasteiger partial charge in [-0.2, -0.15) is 10.1 Å². The molecule has 0 atom stereocenters. The molecule has 2 aliphatic rings. The van der Waals surface area contributed by atoms with Gasteiger partial charge in [0, 0.05) is 37.8 Å². The van der Waals surface area contributed by atoms with Crippen LogP contribution >= 0.6 is 0 Å². The molecule has 3 aromatic rings. The Balaban J connectivity index is 1.36. The summed E-state index contributed by atoms with van der Waals surface area (Å²) in [6, 6.07) is 7.51. The van der Waals surface area contributed by atoms with E-state index in [0.29, 0.717) is 31.7 Å². The second kappa shape index (κ2) is 10.0. The fourth-order valence-electron chi connectivity index (χ4n) is 4.62. The summed E-state index contributed by atoms with van der Waals surface area (Å²) in [5.74, 6) is -0.0611. The standard InChI is InChI=1S/C25H29N7O5S/c1-16-6-4-7-17(2)24(16)20-10-21(28-25(27-20)29-38(35,36)19-11-26-30(3)14-19)37-18-12-32(13-18)23(34)15-31-9-5-8-22(31)33/h4,6-7,10-11,14,18H,5,8-9,12-13,15H2,1-3H3,(H,27,28,29). The fraction of sp³-hybridized carbons (Fsp3) is 0.400. The summed E-state index contributed by atoms with van der Waals surface area (Å²) in [7, 11) is -2.36. The van der Waals surface area contributed by atoms with Gasteiger partial charge < -0.3 is 14.5 Å². The smallest absolute Gasteiger partial charge is 0.267 e. The Morgan fingerprint density at radius 1 is 1.18 bits per heavy atom. The minimum atomic E-state index is -3.98. The van der Waals surface area contributed by atoms with Crippen molar-refractivity contribution in [1.29, 1.82) is 0 Å². The number of nitrogens with zero attached hydrogens (tertiary/aromatic N) is 6. The molecule has 1 N–H and O–H groups in total. The number of anilines is 1. The number of likely N-dealkylation sites (tertiary alicyclic amines) is 2. The van der Waals surface area contributed by atoms with Crippen molar-refractivity contribution >= 4 is 27.8 Å². The average molecular weight is 540 g/mol. The van der Waals surface area contributed by atoms with Crippen LogP contribution in [0.25, 0.3) is 11.3 Å². The highest BCUT2D eigenvalue weighted by Crippen LogP contribution is 2.30. The molecule has 2 aromatic heterocycles. The van der Waals surface area contributed by atoms with Crippen LogP contribution in [0.1, 0.15) is 24.0 Å². The zero-order valence-corrected chi connectivity index (χ0v) is 22.2. The molecule has 0 unspecified atom stereocenters. The maximum absolute atomic E-state index is 12.9. The van der Waals surface area contributed by atoms with Gasteiger partial charge in [-0.1, -0.05) is 18.2 Å². The van der Waals surface area contributed by atoms with Crippen molar-refractivity contribution in [2.24, 2.45) is 7.05 Å². The first-order valence-electron chi connectivity index (χ1n) is 12.3. The highest BCUT2D eigenvalue weighted by Gasteiger charge is 2.35. The van der Waals surface area contributed by atoms with Crippen molar-refractivity contribution in [2.45, 2.75) is 37.7 Å². The van der Waals surface area contributed by atoms with E-state index in [4.69, 9.17) is 4.74 Å². The van der Waals surface area contributed by atoms with E-state index in [1.807, 2.05) is 32.0 Å². The number of carbonyl (C=O) groups is 2. The monoisotopic (exact) mass is 539 g/mol. The molecule has 0 bridgehead atoms. The molecule has 0 spiro atoms. The van der Waals surface area contributed by atoms with E-state index in [2.05, 4.69) is 19.8 Å². The first kappa shape index (κ1) is 25.6. The quantitative estimate of drug-likeness (QED) is 0.454. The van der Waals surface area contributed by atoms with Gasteiger partial charge in [-0.15, -0.1) is 0 Å². The number of aryl methyl sites for hydroxylation is 3. The van der Waals surface area contributed by atoms with Crippen LogP contribution in [0.15, 0.2) is 41.6 Å². The zero-order chi connectivity index (χ0) is 27.0. The third kappa shape index (κ3) is 5.32. The van der Waals surface area contributed by atoms with E-state index in [0.717, 1.165) is 23.1 Å². The number of ether oxygens (including phenoxy) is 1. The number of amides is 2. The number of nitrogens with one attached hydrogen (secondary N) is 1. The highest BCUT2D eigenvalue weighted by atomic mass is 32.2. The molecule has 13 heteroatoms. The lowest BCUT2D eigenvalue weighted by Crippen LogP contribution is -2.58. The molecule has 4 heterocycles. The van der Waals surface area contributed by atoms with Gasteiger partial charge in [0.1, 0.15) is 11.0 Å². The maximum Gasteiger partial charge on any atom is 0.267 e. The minimum absolute atomic E-state index is 0.00736. The van der Waals surface area contributed by atoms with E-state index >= 15 is 0 Å². The van der Waals surface area contributed by atoms with Crippen molar-refractivity contribution in [3.63, 3.8) is 0 Å². The molecule has 38 heavy (non-hydrogen) atoms. The molecule has 2 amide bonds. The second-order valence-electron chi connectivity index (χ2n) is 9.59. The first-order valence-corrected chi connectivity index (χ1v) is 13.8. The number of rotatable bonds is 8. The molecular weight excluding hydrogens is 510 g/mol. The molecule has 12 nitrogen and oxygen atoms in total. The number of aromatic nitrogens is 4. The Kier molecular flexibility index (Phi) is 6.78. The summed E-state index contributed by atoms with van der Waals surface area (Å²) < 4.78 is 35.7. The average Bonchev–Trinajstić information content (AvgIpc) is 3.44. The number of carbonyl (C=O) groups excluding carboxylic acids is 2. The van der Waals surface area contributed by atoms with E-state index < -0.39 is 10.0 Å². The van der Waals surface area contributed by atoms with E-state index in [-0.39, 0.29) is 41.2 Å². The third-order valence-corrected chi connectivity index (χ3v) is 7.93. The van der Waals surface area contributed by atoms with Gasteiger partial charge in [0.25, 0.3) is 10.0 Å². The number of hydrogen-bond acceptors (Lipinski definition) is 8. The van der Waals surface area contributed by atoms with Crippen LogP contribution in [-0.2, 0) is 26.7 Å². The Bertz CT molecular complexity index is 1480. The lowest BCUT2D eigenvalue weighted by Gasteiger charge is -2.39. The van der Waals surface area contributed by atoms with Crippen molar-refractivity contribution < 1.29 is 22.7 Å². The van der Waals surface area contributed by atoms with Crippen molar-refractivity contribution in [3.05, 3.63) is 47.8 Å². The molecule has 5 rings (SSSR count). The Morgan fingerprint density at radius 3 is 2.55 bits per heavy atom. The van der Waals surface area contributed by atoms with Crippen molar-refractivity contribution in [3.8, 4) is 17.1 Å². The van der Waals surface area contributed by atoms with E-state index in [1.165, 1.54) is 17.1 Å². The van der Waals surface area contributed by atoms with Gasteiger partial charge in [-0.25, -0.2) is 18.1 Å². The van der Waals surface area contributed by atoms with Crippen LogP contribution in [0.5, 0.6) is 5.88 Å². The Labute approximate surface area is 220 Å². The van der Waals surface area contributed by atoms with E-state index in [9.17, 15) is 18.0 Å². The zero-order valence-electron chi connectivity index (χ0n) is 21.4. The normalized spacial score (nSPS) is 16.0. The van der Waals surface area contributed by atoms with Gasteiger partial charge >= 0.3 is 0 Å². The van der Waals surface area contributed by atoms with Crippen LogP contribution in [0.4, 0.5) is 5.95 Å². The van der Waals surface area contributed by atoms with Gasteiger partial charge in [0.2, 0.25) is 23.6 Å². The SMILES string of the molecule is Cc1cccc(C)c1-c1cc(OC2CN(C(=O)CN3CCCC3=O)C2)nc(NS(=O)(=O)c2cnn(C)c2)n1. The van der Waals surface area contributed by atoms with Crippen LogP contribution in [-0.4, -0.2) is 82.1 Å². The summed E-state index contributed by atoms with van der Waals surface area (Å²) in [5.41, 5.74) is 3.29. The molecular formula is C25H29N7O5S. The Morgan fingerprint density at radius 2 is 1.92 bits per heavy atom. The number of hydrogen-bond donors (Lipinski definition) is 1. The predicted octanol–water partition coefficient (Wildman–Crippen LogP) is 1.51. The largest absolute Gasteiger partial charge is 0.470 e. The molecule has 1 aromatic carbocycles. The van der Waals surface area contributed by atoms with Crippen molar-refractivity contribution in [1.82, 2.24) is 29.5 Å². The lowest BCUT2D eigenvalue weighted by atomic mass is 10.00. The predicted molar refractivity (Wildman–Crippen MR) is 138 cm³/mol. The van der Waals surface area contributed by atoms with Gasteiger partial charge in [-0.3, -0.25) is 14.3 Å². The van der Waals surface area contributed by atoms with E-state index in [1.54, 1.807) is 22.9 Å². The fourth-order valence-corrected chi connectivity index (χ4v) is 5.54. The molecule has 0 radical (unpaired) electrons. The van der Waals surface area contributed by atoms with Crippen LogP contribution in [0.2, 0.25) is 0 Å². The molecule has 200 valence electrons. The summed E-state index contributed by atoms with van der Waals surface area (Å²) in [6.07, 6.45) is 3.57. The minimum Gasteiger partial charge on any atom is -0.470 e. The summed E-state index contributed by atoms with van der Waals surface area (Å²) in [5, 5.41) is 3.92. The second-order valence-corrected chi connectivity index (χ2v) is 11.3. The summed E-state index contributed by atoms with van der Waals surface area (Å²) in [6.45, 7) is 5.28. The van der Waals surface area contributed by atoms with Crippen molar-refractivity contribution in [2.75, 3.05) is 30.9 Å². The molecule has 0 saturated carbocycles. The molecule has 0 aliphatic carbocycles. The van der Waals surface area contributed by atoms with Crippen LogP contribution in [0, 0.1) is 13.8 Å². The van der Waals surface area contributed by atoms with Gasteiger partial charge in [-0.05, 0) is 31.4 Å². The van der Waals surface area contributed by atoms with Gasteiger partial charge in [0.05, 0.1) is 31.5 Å². The van der Waals surface area contributed by atoms with Crippen LogP contribution in [0.3, 0.4) is 0 Å². The van der Waals surface area contributed by atoms with Crippen LogP contribution < -0.4 is 9.46 Å². The molecule has 2 aliphatic heterocycles. The maximum atomic E-state index is 12.9. The number of benzene rings is 1. The third-order valence-electron chi connectivity index (χ3n) is 6.64. The topological polar surface area (TPSA) is 140 Å². The number of sulfonamides is 1. The molecule has 2 fully saturated rings.